The smallest absolute Gasteiger partial charge is 0.381 e. The molecule has 5 nitrogen and oxygen atoms in total. The number of alkyl halides is 3. The summed E-state index contributed by atoms with van der Waals surface area (Å²) in [5, 5.41) is 5.17. The normalized spacial score (nSPS) is 17.1. The lowest BCUT2D eigenvalue weighted by Crippen LogP contribution is -2.33. The summed E-state index contributed by atoms with van der Waals surface area (Å²) < 4.78 is 71.5. The van der Waals surface area contributed by atoms with Crippen LogP contribution in [0.15, 0.2) is 24.3 Å². The van der Waals surface area contributed by atoms with Gasteiger partial charge in [-0.1, -0.05) is 6.07 Å². The highest BCUT2D eigenvalue weighted by Gasteiger charge is 2.35. The Morgan fingerprint density at radius 2 is 2.00 bits per heavy atom. The molecular weight excluding hydrogens is 385 g/mol. The third kappa shape index (κ3) is 4.67. The molecule has 152 valence electrons. The summed E-state index contributed by atoms with van der Waals surface area (Å²) in [6, 6.07) is 3.90. The summed E-state index contributed by atoms with van der Waals surface area (Å²) >= 11 is 0. The number of benzene rings is 1. The Morgan fingerprint density at radius 1 is 1.29 bits per heavy atom. The number of carbonyl (C=O) groups is 1. The minimum atomic E-state index is -4.71. The van der Waals surface area contributed by atoms with E-state index in [-0.39, 0.29) is 18.0 Å². The number of carbonyl (C=O) groups excluding carboxylic acids is 1. The van der Waals surface area contributed by atoms with E-state index in [0.717, 1.165) is 23.5 Å². The molecule has 3 rings (SSSR count). The van der Waals surface area contributed by atoms with Crippen molar-refractivity contribution >= 4 is 5.91 Å². The Kier molecular flexibility index (Phi) is 5.97. The Morgan fingerprint density at radius 3 is 2.57 bits per heavy atom. The summed E-state index contributed by atoms with van der Waals surface area (Å²) in [7, 11) is 0. The number of nitrogens with one attached hydrogen (secondary N) is 1. The summed E-state index contributed by atoms with van der Waals surface area (Å²) in [6.07, 6.45) is -3.42. The van der Waals surface area contributed by atoms with Crippen LogP contribution in [-0.4, -0.2) is 40.8 Å². The van der Waals surface area contributed by atoms with Gasteiger partial charge in [-0.05, 0) is 30.9 Å². The molecule has 2 heterocycles. The fraction of sp³-hybridized carbons (Fsp3) is 0.444. The van der Waals surface area contributed by atoms with Crippen molar-refractivity contribution in [1.82, 2.24) is 15.1 Å². The van der Waals surface area contributed by atoms with Crippen LogP contribution in [0, 0.1) is 17.6 Å². The van der Waals surface area contributed by atoms with Gasteiger partial charge in [-0.15, -0.1) is 0 Å². The van der Waals surface area contributed by atoms with E-state index in [1.807, 2.05) is 0 Å². The number of halogens is 5. The van der Waals surface area contributed by atoms with Crippen molar-refractivity contribution in [3.8, 4) is 0 Å². The van der Waals surface area contributed by atoms with Gasteiger partial charge in [-0.25, -0.2) is 8.78 Å². The van der Waals surface area contributed by atoms with Crippen molar-refractivity contribution in [2.24, 2.45) is 5.92 Å². The van der Waals surface area contributed by atoms with Crippen LogP contribution in [0.3, 0.4) is 0 Å². The largest absolute Gasteiger partial charge is 0.435 e. The van der Waals surface area contributed by atoms with Gasteiger partial charge in [0.05, 0.1) is 6.54 Å². The lowest BCUT2D eigenvalue weighted by atomic mass is 10.0. The standard InChI is InChI=1S/C18H18F5N3O2/c19-13-2-1-3-14(20)12(13)9-26(6-4-11-5-7-28-10-11)17(27)15-8-16(25-24-15)18(21,22)23/h1-3,8,11H,4-7,9-10H2,(H,24,25). The second-order valence-corrected chi connectivity index (χ2v) is 6.61. The van der Waals surface area contributed by atoms with E-state index in [1.54, 1.807) is 0 Å². The Bertz CT molecular complexity index is 811. The maximum absolute atomic E-state index is 14.0. The molecule has 2 aromatic rings. The number of ether oxygens (including phenoxy) is 1. The molecule has 1 aliphatic rings. The molecule has 1 unspecified atom stereocenters. The zero-order valence-corrected chi connectivity index (χ0v) is 14.7. The van der Waals surface area contributed by atoms with Crippen molar-refractivity contribution in [1.29, 1.82) is 0 Å². The van der Waals surface area contributed by atoms with Crippen molar-refractivity contribution in [3.05, 3.63) is 52.9 Å². The summed E-state index contributed by atoms with van der Waals surface area (Å²) in [5.74, 6) is -2.30. The average Bonchev–Trinajstić information content (AvgIpc) is 3.31. The van der Waals surface area contributed by atoms with Gasteiger partial charge in [-0.2, -0.15) is 18.3 Å². The molecule has 1 aromatic heterocycles. The molecule has 1 amide bonds. The number of hydrogen-bond donors (Lipinski definition) is 1. The molecule has 10 heteroatoms. The third-order valence-corrected chi connectivity index (χ3v) is 4.63. The summed E-state index contributed by atoms with van der Waals surface area (Å²) in [4.78, 5) is 13.8. The molecule has 0 saturated carbocycles. The molecule has 1 N–H and O–H groups in total. The molecule has 1 aliphatic heterocycles. The zero-order chi connectivity index (χ0) is 20.3. The van der Waals surface area contributed by atoms with Crippen LogP contribution in [0.2, 0.25) is 0 Å². The number of aromatic nitrogens is 2. The van der Waals surface area contributed by atoms with Crippen LogP contribution in [0.5, 0.6) is 0 Å². The second kappa shape index (κ2) is 8.26. The van der Waals surface area contributed by atoms with Gasteiger partial charge >= 0.3 is 6.18 Å². The first-order chi connectivity index (χ1) is 13.3. The van der Waals surface area contributed by atoms with Gasteiger partial charge in [-0.3, -0.25) is 9.89 Å². The Labute approximate surface area is 157 Å². The maximum atomic E-state index is 14.0. The van der Waals surface area contributed by atoms with E-state index in [2.05, 4.69) is 10.2 Å². The molecule has 1 fully saturated rings. The monoisotopic (exact) mass is 403 g/mol. The molecule has 1 atom stereocenters. The molecule has 28 heavy (non-hydrogen) atoms. The average molecular weight is 403 g/mol. The van der Waals surface area contributed by atoms with Crippen LogP contribution >= 0.6 is 0 Å². The molecule has 0 bridgehead atoms. The first-order valence-corrected chi connectivity index (χ1v) is 8.68. The summed E-state index contributed by atoms with van der Waals surface area (Å²) in [6.45, 7) is 0.806. The highest BCUT2D eigenvalue weighted by molar-refractivity contribution is 5.92. The molecule has 0 radical (unpaired) electrons. The molecule has 1 saturated heterocycles. The lowest BCUT2D eigenvalue weighted by Gasteiger charge is -2.24. The van der Waals surface area contributed by atoms with E-state index in [1.165, 1.54) is 6.07 Å². The molecule has 1 aromatic carbocycles. The molecule has 0 aliphatic carbocycles. The SMILES string of the molecule is O=C(c1cc(C(F)(F)F)n[nH]1)N(CCC1CCOC1)Cc1c(F)cccc1F. The number of aromatic amines is 1. The van der Waals surface area contributed by atoms with E-state index in [9.17, 15) is 26.7 Å². The maximum Gasteiger partial charge on any atom is 0.435 e. The fourth-order valence-electron chi connectivity index (χ4n) is 3.02. The van der Waals surface area contributed by atoms with Gasteiger partial charge < -0.3 is 9.64 Å². The van der Waals surface area contributed by atoms with Crippen LogP contribution < -0.4 is 0 Å². The number of hydrogen-bond acceptors (Lipinski definition) is 3. The lowest BCUT2D eigenvalue weighted by molar-refractivity contribution is -0.141. The van der Waals surface area contributed by atoms with Crippen molar-refractivity contribution in [2.45, 2.75) is 25.6 Å². The number of amides is 1. The van der Waals surface area contributed by atoms with Crippen LogP contribution in [0.25, 0.3) is 0 Å². The van der Waals surface area contributed by atoms with Gasteiger partial charge in [0.1, 0.15) is 17.3 Å². The Balaban J connectivity index is 1.82. The topological polar surface area (TPSA) is 58.2 Å². The third-order valence-electron chi connectivity index (χ3n) is 4.63. The van der Waals surface area contributed by atoms with Gasteiger partial charge in [0.15, 0.2) is 5.69 Å². The van der Waals surface area contributed by atoms with Gasteiger partial charge in [0.2, 0.25) is 0 Å². The minimum absolute atomic E-state index is 0.112. The fourth-order valence-corrected chi connectivity index (χ4v) is 3.02. The first kappa shape index (κ1) is 20.2. The second-order valence-electron chi connectivity index (χ2n) is 6.61. The first-order valence-electron chi connectivity index (χ1n) is 8.68. The summed E-state index contributed by atoms with van der Waals surface area (Å²) in [5.41, 5.74) is -1.96. The van der Waals surface area contributed by atoms with Crippen molar-refractivity contribution in [2.75, 3.05) is 19.8 Å². The highest BCUT2D eigenvalue weighted by Crippen LogP contribution is 2.28. The Hall–Kier alpha value is -2.49. The highest BCUT2D eigenvalue weighted by atomic mass is 19.4. The van der Waals surface area contributed by atoms with E-state index < -0.39 is 41.7 Å². The zero-order valence-electron chi connectivity index (χ0n) is 14.7. The van der Waals surface area contributed by atoms with Crippen LogP contribution in [-0.2, 0) is 17.5 Å². The van der Waals surface area contributed by atoms with E-state index in [0.29, 0.717) is 25.7 Å². The molecular formula is C18H18F5N3O2. The predicted molar refractivity (Wildman–Crippen MR) is 88.2 cm³/mol. The number of H-pyrrole nitrogens is 1. The number of rotatable bonds is 6. The van der Waals surface area contributed by atoms with E-state index >= 15 is 0 Å². The van der Waals surface area contributed by atoms with Crippen molar-refractivity contribution < 1.29 is 31.5 Å². The quantitative estimate of drug-likeness (QED) is 0.747. The van der Waals surface area contributed by atoms with E-state index in [4.69, 9.17) is 4.74 Å². The van der Waals surface area contributed by atoms with Crippen molar-refractivity contribution in [3.63, 3.8) is 0 Å². The van der Waals surface area contributed by atoms with Gasteiger partial charge in [0.25, 0.3) is 5.91 Å². The number of nitrogens with zero attached hydrogens (tertiary/aromatic N) is 2. The van der Waals surface area contributed by atoms with Gasteiger partial charge in [0, 0.05) is 31.4 Å². The predicted octanol–water partition coefficient (Wildman–Crippen LogP) is 3.78. The van der Waals surface area contributed by atoms with Crippen LogP contribution in [0.1, 0.15) is 34.6 Å². The molecule has 0 spiro atoms. The van der Waals surface area contributed by atoms with Crippen LogP contribution in [0.4, 0.5) is 22.0 Å². The minimum Gasteiger partial charge on any atom is -0.381 e.